The Labute approximate surface area is 102 Å². The van der Waals surface area contributed by atoms with E-state index in [1.54, 1.807) is 19.9 Å². The molecule has 0 radical (unpaired) electrons. The zero-order chi connectivity index (χ0) is 13.1. The number of aryl methyl sites for hydroxylation is 2. The van der Waals surface area contributed by atoms with E-state index in [2.05, 4.69) is 0 Å². The Kier molecular flexibility index (Phi) is 4.50. The molecule has 0 unspecified atom stereocenters. The van der Waals surface area contributed by atoms with Crippen LogP contribution in [0.3, 0.4) is 0 Å². The van der Waals surface area contributed by atoms with Crippen LogP contribution in [0.15, 0.2) is 17.0 Å². The first-order valence-corrected chi connectivity index (χ1v) is 6.88. The van der Waals surface area contributed by atoms with Crippen molar-refractivity contribution in [2.75, 3.05) is 13.2 Å². The Morgan fingerprint density at radius 1 is 1.24 bits per heavy atom. The third kappa shape index (κ3) is 3.69. The summed E-state index contributed by atoms with van der Waals surface area (Å²) in [6.45, 7) is 4.56. The Hall–Kier alpha value is -1.11. The van der Waals surface area contributed by atoms with Crippen LogP contribution in [-0.4, -0.2) is 21.6 Å². The van der Waals surface area contributed by atoms with Crippen LogP contribution in [0.25, 0.3) is 0 Å². The molecule has 96 valence electrons. The van der Waals surface area contributed by atoms with Crippen LogP contribution >= 0.6 is 0 Å². The van der Waals surface area contributed by atoms with Crippen LogP contribution in [0.4, 0.5) is 0 Å². The molecule has 6 heteroatoms. The maximum Gasteiger partial charge on any atom is 0.238 e. The maximum atomic E-state index is 11.3. The summed E-state index contributed by atoms with van der Waals surface area (Å²) in [6, 6.07) is 3.22. The number of sulfonamides is 1. The minimum absolute atomic E-state index is 0.140. The molecule has 0 amide bonds. The van der Waals surface area contributed by atoms with Crippen molar-refractivity contribution in [2.45, 2.75) is 25.2 Å². The van der Waals surface area contributed by atoms with Crippen molar-refractivity contribution in [1.82, 2.24) is 0 Å². The molecule has 0 heterocycles. The van der Waals surface area contributed by atoms with Crippen molar-refractivity contribution in [3.63, 3.8) is 0 Å². The number of hydrogen-bond donors (Lipinski definition) is 2. The van der Waals surface area contributed by atoms with Gasteiger partial charge in [0, 0.05) is 0 Å². The van der Waals surface area contributed by atoms with Gasteiger partial charge < -0.3 is 10.5 Å². The van der Waals surface area contributed by atoms with Crippen LogP contribution in [-0.2, 0) is 10.0 Å². The Bertz CT molecular complexity index is 498. The first kappa shape index (κ1) is 14.0. The van der Waals surface area contributed by atoms with Gasteiger partial charge in [-0.3, -0.25) is 0 Å². The molecular weight excluding hydrogens is 240 g/mol. The molecule has 0 aromatic heterocycles. The summed E-state index contributed by atoms with van der Waals surface area (Å²) in [6.07, 6.45) is 0.759. The number of benzene rings is 1. The molecular formula is C11H18N2O3S. The van der Waals surface area contributed by atoms with Crippen LogP contribution < -0.4 is 15.6 Å². The minimum atomic E-state index is -3.67. The van der Waals surface area contributed by atoms with Gasteiger partial charge in [-0.05, 0) is 50.1 Å². The summed E-state index contributed by atoms with van der Waals surface area (Å²) in [5, 5.41) is 5.11. The molecule has 0 aliphatic carbocycles. The average Bonchev–Trinajstić information content (AvgIpc) is 2.21. The number of primary sulfonamides is 1. The number of rotatable bonds is 5. The third-order valence-electron chi connectivity index (χ3n) is 2.39. The van der Waals surface area contributed by atoms with Crippen LogP contribution in [0, 0.1) is 13.8 Å². The van der Waals surface area contributed by atoms with Crippen LogP contribution in [0.1, 0.15) is 17.5 Å². The van der Waals surface area contributed by atoms with E-state index in [9.17, 15) is 8.42 Å². The lowest BCUT2D eigenvalue weighted by Crippen LogP contribution is -2.14. The first-order chi connectivity index (χ1) is 7.86. The van der Waals surface area contributed by atoms with Gasteiger partial charge in [0.25, 0.3) is 0 Å². The molecule has 17 heavy (non-hydrogen) atoms. The van der Waals surface area contributed by atoms with E-state index < -0.39 is 10.0 Å². The SMILES string of the molecule is Cc1cc(S(N)(=O)=O)c(C)cc1OCCCN. The fourth-order valence-electron chi connectivity index (χ4n) is 1.49. The number of hydrogen-bond acceptors (Lipinski definition) is 4. The predicted octanol–water partition coefficient (Wildman–Crippen LogP) is 0.678. The smallest absolute Gasteiger partial charge is 0.238 e. The molecule has 4 N–H and O–H groups in total. The van der Waals surface area contributed by atoms with Crippen molar-refractivity contribution < 1.29 is 13.2 Å². The summed E-state index contributed by atoms with van der Waals surface area (Å²) < 4.78 is 28.1. The van der Waals surface area contributed by atoms with Gasteiger partial charge in [-0.2, -0.15) is 0 Å². The minimum Gasteiger partial charge on any atom is -0.493 e. The van der Waals surface area contributed by atoms with Crippen LogP contribution in [0.2, 0.25) is 0 Å². The van der Waals surface area contributed by atoms with Crippen molar-refractivity contribution in [3.8, 4) is 5.75 Å². The molecule has 0 aliphatic rings. The fraction of sp³-hybridized carbons (Fsp3) is 0.455. The summed E-state index contributed by atoms with van der Waals surface area (Å²) in [5.74, 6) is 0.670. The second-order valence-electron chi connectivity index (χ2n) is 3.92. The van der Waals surface area contributed by atoms with E-state index >= 15 is 0 Å². The van der Waals surface area contributed by atoms with Crippen LogP contribution in [0.5, 0.6) is 5.75 Å². The van der Waals surface area contributed by atoms with Gasteiger partial charge in [-0.1, -0.05) is 0 Å². The summed E-state index contributed by atoms with van der Waals surface area (Å²) in [4.78, 5) is 0.140. The highest BCUT2D eigenvalue weighted by Crippen LogP contribution is 2.25. The average molecular weight is 258 g/mol. The summed E-state index contributed by atoms with van der Waals surface area (Å²) in [5.41, 5.74) is 6.70. The molecule has 0 saturated heterocycles. The number of ether oxygens (including phenoxy) is 1. The standard InChI is InChI=1S/C11H18N2O3S/c1-8-7-11(17(13,14)15)9(2)6-10(8)16-5-3-4-12/h6-7H,3-5,12H2,1-2H3,(H2,13,14,15). The van der Waals surface area contributed by atoms with Crippen molar-refractivity contribution in [2.24, 2.45) is 10.9 Å². The van der Waals surface area contributed by atoms with Crippen molar-refractivity contribution in [1.29, 1.82) is 0 Å². The van der Waals surface area contributed by atoms with Gasteiger partial charge in [0.05, 0.1) is 11.5 Å². The summed E-state index contributed by atoms with van der Waals surface area (Å²) >= 11 is 0. The van der Waals surface area contributed by atoms with Gasteiger partial charge in [0.2, 0.25) is 10.0 Å². The van der Waals surface area contributed by atoms with Gasteiger partial charge >= 0.3 is 0 Å². The molecule has 0 spiro atoms. The van der Waals surface area contributed by atoms with Crippen molar-refractivity contribution in [3.05, 3.63) is 23.3 Å². The molecule has 0 fully saturated rings. The van der Waals surface area contributed by atoms with Gasteiger partial charge in [-0.15, -0.1) is 0 Å². The predicted molar refractivity (Wildman–Crippen MR) is 66.5 cm³/mol. The molecule has 1 rings (SSSR count). The van der Waals surface area contributed by atoms with E-state index in [4.69, 9.17) is 15.6 Å². The fourth-order valence-corrected chi connectivity index (χ4v) is 2.34. The lowest BCUT2D eigenvalue weighted by atomic mass is 10.1. The van der Waals surface area contributed by atoms with E-state index in [-0.39, 0.29) is 4.90 Å². The Balaban J connectivity index is 3.02. The maximum absolute atomic E-state index is 11.3. The quantitative estimate of drug-likeness (QED) is 0.759. The highest BCUT2D eigenvalue weighted by atomic mass is 32.2. The molecule has 0 atom stereocenters. The summed E-state index contributed by atoms with van der Waals surface area (Å²) in [7, 11) is -3.67. The van der Waals surface area contributed by atoms with Gasteiger partial charge in [-0.25, -0.2) is 13.6 Å². The highest BCUT2D eigenvalue weighted by molar-refractivity contribution is 7.89. The van der Waals surface area contributed by atoms with E-state index in [0.717, 1.165) is 12.0 Å². The molecule has 5 nitrogen and oxygen atoms in total. The van der Waals surface area contributed by atoms with Gasteiger partial charge in [0.1, 0.15) is 5.75 Å². The number of nitrogens with two attached hydrogens (primary N) is 2. The molecule has 0 saturated carbocycles. The van der Waals surface area contributed by atoms with E-state index in [0.29, 0.717) is 24.5 Å². The largest absolute Gasteiger partial charge is 0.493 e. The van der Waals surface area contributed by atoms with Gasteiger partial charge in [0.15, 0.2) is 0 Å². The zero-order valence-corrected chi connectivity index (χ0v) is 10.9. The Morgan fingerprint density at radius 3 is 2.41 bits per heavy atom. The lowest BCUT2D eigenvalue weighted by molar-refractivity contribution is 0.311. The van der Waals surface area contributed by atoms with E-state index in [1.165, 1.54) is 6.07 Å². The molecule has 0 bridgehead atoms. The normalized spacial score (nSPS) is 11.5. The lowest BCUT2D eigenvalue weighted by Gasteiger charge is -2.12. The van der Waals surface area contributed by atoms with E-state index in [1.807, 2.05) is 0 Å². The molecule has 0 aliphatic heterocycles. The topological polar surface area (TPSA) is 95.4 Å². The zero-order valence-electron chi connectivity index (χ0n) is 10.1. The van der Waals surface area contributed by atoms with Crippen molar-refractivity contribution >= 4 is 10.0 Å². The monoisotopic (exact) mass is 258 g/mol. The Morgan fingerprint density at radius 2 is 1.88 bits per heavy atom. The third-order valence-corrected chi connectivity index (χ3v) is 3.44. The highest BCUT2D eigenvalue weighted by Gasteiger charge is 2.14. The second kappa shape index (κ2) is 5.48. The molecule has 1 aromatic rings. The molecule has 1 aromatic carbocycles. The first-order valence-electron chi connectivity index (χ1n) is 5.33. The second-order valence-corrected chi connectivity index (χ2v) is 5.45.